The van der Waals surface area contributed by atoms with Gasteiger partial charge < -0.3 is 4.90 Å². The fourth-order valence-corrected chi connectivity index (χ4v) is 4.89. The van der Waals surface area contributed by atoms with E-state index in [1.807, 2.05) is 55.7 Å². The van der Waals surface area contributed by atoms with E-state index in [0.29, 0.717) is 6.54 Å². The second-order valence-corrected chi connectivity index (χ2v) is 8.46. The van der Waals surface area contributed by atoms with E-state index < -0.39 is 0 Å². The predicted molar refractivity (Wildman–Crippen MR) is 108 cm³/mol. The molecule has 0 radical (unpaired) electrons. The Morgan fingerprint density at radius 3 is 2.73 bits per heavy atom. The minimum Gasteiger partial charge on any atom is -0.335 e. The molecule has 0 bridgehead atoms. The number of aryl methyl sites for hydroxylation is 2. The van der Waals surface area contributed by atoms with E-state index in [1.165, 1.54) is 16.2 Å². The summed E-state index contributed by atoms with van der Waals surface area (Å²) < 4.78 is 2.10. The Bertz CT molecular complexity index is 1080. The molecule has 26 heavy (non-hydrogen) atoms. The SMILES string of the molecule is Cc1cn2c(CN(C)C(=O)c3sccc3-c3ccccc3)c(C)nc2s1. The van der Waals surface area contributed by atoms with Crippen molar-refractivity contribution in [2.45, 2.75) is 20.4 Å². The van der Waals surface area contributed by atoms with Crippen LogP contribution in [0.4, 0.5) is 0 Å². The topological polar surface area (TPSA) is 37.6 Å². The summed E-state index contributed by atoms with van der Waals surface area (Å²) in [5.41, 5.74) is 4.11. The van der Waals surface area contributed by atoms with Gasteiger partial charge in [0.1, 0.15) is 0 Å². The molecule has 0 spiro atoms. The highest BCUT2D eigenvalue weighted by Gasteiger charge is 2.21. The normalized spacial score (nSPS) is 11.2. The van der Waals surface area contributed by atoms with E-state index in [1.54, 1.807) is 16.2 Å². The summed E-state index contributed by atoms with van der Waals surface area (Å²) in [4.78, 5) is 22.5. The minimum absolute atomic E-state index is 0.0418. The molecule has 0 aliphatic rings. The summed E-state index contributed by atoms with van der Waals surface area (Å²) in [7, 11) is 1.86. The third-order valence-electron chi connectivity index (χ3n) is 4.42. The molecule has 0 unspecified atom stereocenters. The molecule has 0 saturated carbocycles. The molecule has 0 aliphatic carbocycles. The fraction of sp³-hybridized carbons (Fsp3) is 0.200. The van der Waals surface area contributed by atoms with Crippen LogP contribution in [0.25, 0.3) is 16.1 Å². The van der Waals surface area contributed by atoms with Crippen LogP contribution in [0.3, 0.4) is 0 Å². The Labute approximate surface area is 160 Å². The van der Waals surface area contributed by atoms with Gasteiger partial charge in [0.2, 0.25) is 0 Å². The van der Waals surface area contributed by atoms with Gasteiger partial charge in [-0.3, -0.25) is 9.20 Å². The molecule has 0 N–H and O–H groups in total. The van der Waals surface area contributed by atoms with E-state index in [2.05, 4.69) is 22.5 Å². The van der Waals surface area contributed by atoms with E-state index in [4.69, 9.17) is 0 Å². The molecule has 6 heteroatoms. The van der Waals surface area contributed by atoms with Crippen LogP contribution in [0.1, 0.15) is 25.9 Å². The maximum atomic E-state index is 13.1. The number of thiophene rings is 1. The highest BCUT2D eigenvalue weighted by atomic mass is 32.1. The number of rotatable bonds is 4. The highest BCUT2D eigenvalue weighted by Crippen LogP contribution is 2.30. The molecule has 3 aromatic heterocycles. The summed E-state index contributed by atoms with van der Waals surface area (Å²) >= 11 is 3.16. The van der Waals surface area contributed by atoms with Crippen molar-refractivity contribution in [3.8, 4) is 11.1 Å². The molecule has 1 aromatic carbocycles. The number of carbonyl (C=O) groups is 1. The molecule has 0 atom stereocenters. The lowest BCUT2D eigenvalue weighted by molar-refractivity contribution is 0.0788. The third-order valence-corrected chi connectivity index (χ3v) is 6.22. The number of hydrogen-bond acceptors (Lipinski definition) is 4. The maximum absolute atomic E-state index is 13.1. The summed E-state index contributed by atoms with van der Waals surface area (Å²) in [5.74, 6) is 0.0418. The Hall–Kier alpha value is -2.44. The van der Waals surface area contributed by atoms with Crippen LogP contribution in [-0.2, 0) is 6.54 Å². The Balaban J connectivity index is 1.63. The molecule has 132 valence electrons. The van der Waals surface area contributed by atoms with Crippen molar-refractivity contribution in [2.75, 3.05) is 7.05 Å². The average molecular weight is 382 g/mol. The van der Waals surface area contributed by atoms with Crippen molar-refractivity contribution in [3.63, 3.8) is 0 Å². The number of thiazole rings is 1. The number of aromatic nitrogens is 2. The average Bonchev–Trinajstić information content (AvgIpc) is 3.32. The standard InChI is InChI=1S/C20H19N3OS2/c1-13-11-23-17(14(2)21-20(23)26-13)12-22(3)19(24)18-16(9-10-25-18)15-7-5-4-6-8-15/h4-11H,12H2,1-3H3. The van der Waals surface area contributed by atoms with Gasteiger partial charge in [-0.2, -0.15) is 0 Å². The first kappa shape index (κ1) is 17.0. The van der Waals surface area contributed by atoms with Crippen LogP contribution in [0.2, 0.25) is 0 Å². The number of hydrogen-bond donors (Lipinski definition) is 0. The molecule has 4 rings (SSSR count). The maximum Gasteiger partial charge on any atom is 0.264 e. The van der Waals surface area contributed by atoms with Crippen LogP contribution in [-0.4, -0.2) is 27.2 Å². The lowest BCUT2D eigenvalue weighted by atomic mass is 10.1. The van der Waals surface area contributed by atoms with Gasteiger partial charge in [0.05, 0.1) is 22.8 Å². The second kappa shape index (κ2) is 6.70. The number of fused-ring (bicyclic) bond motifs is 1. The molecular weight excluding hydrogens is 362 g/mol. The van der Waals surface area contributed by atoms with Crippen LogP contribution in [0.5, 0.6) is 0 Å². The smallest absolute Gasteiger partial charge is 0.264 e. The van der Waals surface area contributed by atoms with Crippen molar-refractivity contribution in [1.29, 1.82) is 0 Å². The van der Waals surface area contributed by atoms with Gasteiger partial charge in [-0.15, -0.1) is 22.7 Å². The third kappa shape index (κ3) is 2.95. The molecular formula is C20H19N3OS2. The van der Waals surface area contributed by atoms with Crippen LogP contribution < -0.4 is 0 Å². The first-order chi connectivity index (χ1) is 12.5. The highest BCUT2D eigenvalue weighted by molar-refractivity contribution is 7.17. The lowest BCUT2D eigenvalue weighted by Crippen LogP contribution is -2.26. The fourth-order valence-electron chi connectivity index (χ4n) is 3.09. The van der Waals surface area contributed by atoms with Crippen molar-refractivity contribution < 1.29 is 4.79 Å². The van der Waals surface area contributed by atoms with Gasteiger partial charge in [-0.25, -0.2) is 4.98 Å². The summed E-state index contributed by atoms with van der Waals surface area (Å²) in [5, 5.41) is 1.98. The minimum atomic E-state index is 0.0418. The molecule has 1 amide bonds. The molecule has 0 saturated heterocycles. The van der Waals surface area contributed by atoms with Crippen molar-refractivity contribution in [3.05, 3.63) is 69.1 Å². The molecule has 4 aromatic rings. The number of amides is 1. The van der Waals surface area contributed by atoms with E-state index >= 15 is 0 Å². The molecule has 0 aliphatic heterocycles. The van der Waals surface area contributed by atoms with E-state index in [-0.39, 0.29) is 5.91 Å². The van der Waals surface area contributed by atoms with Gasteiger partial charge in [-0.05, 0) is 30.9 Å². The van der Waals surface area contributed by atoms with Gasteiger partial charge in [0, 0.05) is 23.7 Å². The Morgan fingerprint density at radius 1 is 1.19 bits per heavy atom. The molecule has 4 nitrogen and oxygen atoms in total. The van der Waals surface area contributed by atoms with Gasteiger partial charge in [-0.1, -0.05) is 30.3 Å². The Morgan fingerprint density at radius 2 is 1.96 bits per heavy atom. The van der Waals surface area contributed by atoms with Crippen molar-refractivity contribution >= 4 is 33.5 Å². The molecule has 0 fully saturated rings. The Kier molecular flexibility index (Phi) is 4.38. The quantitative estimate of drug-likeness (QED) is 0.498. The van der Waals surface area contributed by atoms with Crippen molar-refractivity contribution in [2.24, 2.45) is 0 Å². The number of imidazole rings is 1. The number of nitrogens with zero attached hydrogens (tertiary/aromatic N) is 3. The van der Waals surface area contributed by atoms with Crippen LogP contribution in [0.15, 0.2) is 48.0 Å². The van der Waals surface area contributed by atoms with E-state index in [0.717, 1.165) is 32.4 Å². The number of carbonyl (C=O) groups excluding carboxylic acids is 1. The monoisotopic (exact) mass is 381 g/mol. The second-order valence-electron chi connectivity index (χ2n) is 6.33. The van der Waals surface area contributed by atoms with Crippen LogP contribution >= 0.6 is 22.7 Å². The zero-order valence-electron chi connectivity index (χ0n) is 14.9. The number of benzene rings is 1. The largest absolute Gasteiger partial charge is 0.335 e. The lowest BCUT2D eigenvalue weighted by Gasteiger charge is -2.17. The van der Waals surface area contributed by atoms with Gasteiger partial charge >= 0.3 is 0 Å². The zero-order chi connectivity index (χ0) is 18.3. The van der Waals surface area contributed by atoms with Gasteiger partial charge in [0.25, 0.3) is 5.91 Å². The summed E-state index contributed by atoms with van der Waals surface area (Å²) in [6, 6.07) is 12.1. The summed E-state index contributed by atoms with van der Waals surface area (Å²) in [6.07, 6.45) is 2.09. The van der Waals surface area contributed by atoms with Crippen molar-refractivity contribution in [1.82, 2.24) is 14.3 Å². The predicted octanol–water partition coefficient (Wildman–Crippen LogP) is 5.01. The van der Waals surface area contributed by atoms with Crippen LogP contribution in [0, 0.1) is 13.8 Å². The molecule has 3 heterocycles. The first-order valence-electron chi connectivity index (χ1n) is 8.37. The van der Waals surface area contributed by atoms with E-state index in [9.17, 15) is 4.79 Å². The van der Waals surface area contributed by atoms with Gasteiger partial charge in [0.15, 0.2) is 4.96 Å². The first-order valence-corrected chi connectivity index (χ1v) is 10.1. The summed E-state index contributed by atoms with van der Waals surface area (Å²) in [6.45, 7) is 4.61. The zero-order valence-corrected chi connectivity index (χ0v) is 16.5.